The lowest BCUT2D eigenvalue weighted by atomic mass is 10.2. The number of amides is 1. The van der Waals surface area contributed by atoms with E-state index in [0.717, 1.165) is 11.0 Å². The van der Waals surface area contributed by atoms with Gasteiger partial charge in [0, 0.05) is 11.1 Å². The van der Waals surface area contributed by atoms with Gasteiger partial charge < -0.3 is 4.90 Å². The van der Waals surface area contributed by atoms with E-state index in [0.29, 0.717) is 5.69 Å². The number of hydrogen-bond donors (Lipinski definition) is 0. The number of alkyl halides is 3. The van der Waals surface area contributed by atoms with E-state index in [-0.39, 0.29) is 5.75 Å². The molecule has 0 fully saturated rings. The van der Waals surface area contributed by atoms with Crippen molar-refractivity contribution in [3.8, 4) is 0 Å². The van der Waals surface area contributed by atoms with Crippen LogP contribution in [0.2, 0.25) is 0 Å². The zero-order valence-corrected chi connectivity index (χ0v) is 14.0. The third-order valence-corrected chi connectivity index (χ3v) is 4.88. The second-order valence-electron chi connectivity index (χ2n) is 4.73. The van der Waals surface area contributed by atoms with Crippen LogP contribution < -0.4 is 4.90 Å². The Morgan fingerprint density at radius 1 is 1.24 bits per heavy atom. The van der Waals surface area contributed by atoms with E-state index in [2.05, 4.69) is 0 Å². The molecule has 1 amide bonds. The Balaban J connectivity index is 2.43. The molecule has 1 aromatic carbocycles. The van der Waals surface area contributed by atoms with E-state index in [4.69, 9.17) is 34.8 Å². The molecule has 1 aromatic rings. The summed E-state index contributed by atoms with van der Waals surface area (Å²) >= 11 is 17.0. The van der Waals surface area contributed by atoms with E-state index < -0.39 is 25.6 Å². The number of carbonyl (C=O) groups excluding carboxylic acids is 1. The average Bonchev–Trinajstić information content (AvgIpc) is 2.71. The van der Waals surface area contributed by atoms with Gasteiger partial charge in [0.2, 0.25) is 0 Å². The first-order valence-electron chi connectivity index (χ1n) is 5.98. The van der Waals surface area contributed by atoms with Gasteiger partial charge in [-0.1, -0.05) is 52.5 Å². The fraction of sp³-hybridized carbons (Fsp3) is 0.308. The molecule has 114 valence electrons. The number of carbonyl (C=O) groups is 1. The summed E-state index contributed by atoms with van der Waals surface area (Å²) in [6.07, 6.45) is 1.42. The van der Waals surface area contributed by atoms with Gasteiger partial charge >= 0.3 is 0 Å². The summed E-state index contributed by atoms with van der Waals surface area (Å²) in [5, 5.41) is 1.07. The lowest BCUT2D eigenvalue weighted by Crippen LogP contribution is -2.46. The molecule has 21 heavy (non-hydrogen) atoms. The van der Waals surface area contributed by atoms with Crippen molar-refractivity contribution in [2.24, 2.45) is 0 Å². The number of aryl methyl sites for hydroxylation is 1. The molecule has 0 aromatic heterocycles. The lowest BCUT2D eigenvalue weighted by molar-refractivity contribution is -0.118. The average molecular weight is 369 g/mol. The molecule has 1 atom stereocenters. The molecule has 1 aliphatic heterocycles. The highest BCUT2D eigenvalue weighted by atomic mass is 35.6. The third-order valence-electron chi connectivity index (χ3n) is 3.02. The maximum Gasteiger partial charge on any atom is 0.279 e. The highest BCUT2D eigenvalue weighted by Crippen LogP contribution is 2.33. The van der Waals surface area contributed by atoms with Crippen LogP contribution in [0.3, 0.4) is 0 Å². The van der Waals surface area contributed by atoms with Crippen molar-refractivity contribution in [3.63, 3.8) is 0 Å². The maximum atomic E-state index is 12.3. The fourth-order valence-corrected chi connectivity index (χ4v) is 3.56. The monoisotopic (exact) mass is 367 g/mol. The van der Waals surface area contributed by atoms with Crippen molar-refractivity contribution >= 4 is 56.2 Å². The first-order valence-corrected chi connectivity index (χ1v) is 8.83. The van der Waals surface area contributed by atoms with Crippen LogP contribution in [0.25, 0.3) is 0 Å². The highest BCUT2D eigenvalue weighted by Gasteiger charge is 2.41. The predicted molar refractivity (Wildman–Crippen MR) is 85.7 cm³/mol. The second kappa shape index (κ2) is 5.80. The molecule has 0 radical (unpaired) electrons. The van der Waals surface area contributed by atoms with Crippen molar-refractivity contribution in [1.82, 2.24) is 0 Å². The Morgan fingerprint density at radius 2 is 1.81 bits per heavy atom. The van der Waals surface area contributed by atoms with Crippen molar-refractivity contribution in [2.75, 3.05) is 10.7 Å². The van der Waals surface area contributed by atoms with Gasteiger partial charge in [-0.3, -0.25) is 4.79 Å². The van der Waals surface area contributed by atoms with Crippen LogP contribution in [0.4, 0.5) is 5.69 Å². The Morgan fingerprint density at radius 3 is 2.24 bits per heavy atom. The van der Waals surface area contributed by atoms with Gasteiger partial charge in [-0.25, -0.2) is 8.42 Å². The zero-order valence-electron chi connectivity index (χ0n) is 11.0. The quantitative estimate of drug-likeness (QED) is 0.754. The summed E-state index contributed by atoms with van der Waals surface area (Å²) in [7, 11) is -3.34. The lowest BCUT2D eigenvalue weighted by Gasteiger charge is -2.30. The first kappa shape index (κ1) is 16.6. The summed E-state index contributed by atoms with van der Waals surface area (Å²) in [5.41, 5.74) is 1.47. The topological polar surface area (TPSA) is 54.5 Å². The van der Waals surface area contributed by atoms with E-state index in [1.54, 1.807) is 24.3 Å². The minimum atomic E-state index is -3.34. The third kappa shape index (κ3) is 3.92. The van der Waals surface area contributed by atoms with Gasteiger partial charge in [-0.15, -0.1) is 0 Å². The van der Waals surface area contributed by atoms with Gasteiger partial charge in [-0.05, 0) is 25.1 Å². The molecule has 0 aliphatic carbocycles. The van der Waals surface area contributed by atoms with Gasteiger partial charge in [0.1, 0.15) is 0 Å². The number of benzene rings is 1. The first-order chi connectivity index (χ1) is 9.60. The summed E-state index contributed by atoms with van der Waals surface area (Å²) in [6, 6.07) is 6.26. The Bertz CT molecular complexity index is 678. The Kier molecular flexibility index (Phi) is 4.59. The van der Waals surface area contributed by atoms with Crippen molar-refractivity contribution in [1.29, 1.82) is 0 Å². The molecule has 0 unspecified atom stereocenters. The summed E-state index contributed by atoms with van der Waals surface area (Å²) in [4.78, 5) is 13.6. The van der Waals surface area contributed by atoms with Gasteiger partial charge in [0.25, 0.3) is 9.70 Å². The van der Waals surface area contributed by atoms with Crippen LogP contribution >= 0.6 is 34.8 Å². The zero-order chi connectivity index (χ0) is 15.8. The largest absolute Gasteiger partial charge is 0.301 e. The molecular formula is C13H12Cl3NO3S. The van der Waals surface area contributed by atoms with Crippen LogP contribution in [0.15, 0.2) is 35.7 Å². The molecule has 0 spiro atoms. The summed E-state index contributed by atoms with van der Waals surface area (Å²) < 4.78 is 21.0. The molecule has 2 rings (SSSR count). The minimum Gasteiger partial charge on any atom is -0.301 e. The SMILES string of the molecule is Cc1ccc(N(C(=O)C(Cl)(Cl)Cl)[C@H]2C=CS(=O)(=O)C2)cc1. The number of sulfone groups is 1. The van der Waals surface area contributed by atoms with Gasteiger partial charge in [0.15, 0.2) is 9.84 Å². The summed E-state index contributed by atoms with van der Waals surface area (Å²) in [5.74, 6) is -1.02. The molecule has 0 N–H and O–H groups in total. The van der Waals surface area contributed by atoms with Gasteiger partial charge in [0.05, 0.1) is 11.8 Å². The fourth-order valence-electron chi connectivity index (χ4n) is 2.02. The molecule has 1 aliphatic rings. The minimum absolute atomic E-state index is 0.229. The van der Waals surface area contributed by atoms with Crippen LogP contribution in [0.1, 0.15) is 5.56 Å². The highest BCUT2D eigenvalue weighted by molar-refractivity contribution is 7.94. The molecule has 0 saturated heterocycles. The van der Waals surface area contributed by atoms with Gasteiger partial charge in [-0.2, -0.15) is 0 Å². The number of hydrogen-bond acceptors (Lipinski definition) is 3. The molecule has 0 bridgehead atoms. The van der Waals surface area contributed by atoms with Crippen molar-refractivity contribution in [3.05, 3.63) is 41.3 Å². The Hall–Kier alpha value is -0.750. The number of halogens is 3. The molecule has 1 heterocycles. The van der Waals surface area contributed by atoms with Crippen LogP contribution in [-0.2, 0) is 14.6 Å². The molecule has 8 heteroatoms. The molecule has 0 saturated carbocycles. The van der Waals surface area contributed by atoms with E-state index in [9.17, 15) is 13.2 Å². The van der Waals surface area contributed by atoms with Crippen LogP contribution in [0.5, 0.6) is 0 Å². The van der Waals surface area contributed by atoms with Crippen molar-refractivity contribution in [2.45, 2.75) is 16.8 Å². The smallest absolute Gasteiger partial charge is 0.279 e. The number of nitrogens with zero attached hydrogens (tertiary/aromatic N) is 1. The second-order valence-corrected chi connectivity index (χ2v) is 8.95. The Labute approximate surface area is 138 Å². The van der Waals surface area contributed by atoms with Crippen LogP contribution in [0, 0.1) is 6.92 Å². The predicted octanol–water partition coefficient (Wildman–Crippen LogP) is 3.01. The van der Waals surface area contributed by atoms with E-state index in [1.165, 1.54) is 11.0 Å². The van der Waals surface area contributed by atoms with Crippen molar-refractivity contribution < 1.29 is 13.2 Å². The normalized spacial score (nSPS) is 20.5. The summed E-state index contributed by atoms with van der Waals surface area (Å²) in [6.45, 7) is 1.89. The van der Waals surface area contributed by atoms with E-state index in [1.807, 2.05) is 6.92 Å². The molecular weight excluding hydrogens is 357 g/mol. The standard InChI is InChI=1S/C13H12Cl3NO3S/c1-9-2-4-10(5-3-9)17(12(18)13(14,15)16)11-6-7-21(19,20)8-11/h2-7,11H,8H2,1H3/t11-/m0/s1. The maximum absolute atomic E-state index is 12.3. The molecule has 4 nitrogen and oxygen atoms in total. The number of rotatable bonds is 2. The number of anilines is 1. The van der Waals surface area contributed by atoms with E-state index >= 15 is 0 Å². The van der Waals surface area contributed by atoms with Crippen LogP contribution in [-0.4, -0.2) is 29.9 Å².